The molecule has 3 N–H and O–H groups in total. The lowest BCUT2D eigenvalue weighted by atomic mass is 9.72. The molecule has 3 aromatic rings. The summed E-state index contributed by atoms with van der Waals surface area (Å²) >= 11 is 0. The van der Waals surface area contributed by atoms with E-state index in [9.17, 15) is 9.50 Å². The fraction of sp³-hybridized carbons (Fsp3) is 0.357. The summed E-state index contributed by atoms with van der Waals surface area (Å²) in [7, 11) is 0. The van der Waals surface area contributed by atoms with Gasteiger partial charge in [0.1, 0.15) is 11.4 Å². The van der Waals surface area contributed by atoms with Crippen LogP contribution >= 0.6 is 0 Å². The Morgan fingerprint density at radius 3 is 2.00 bits per heavy atom. The Labute approximate surface area is 195 Å². The fourth-order valence-electron chi connectivity index (χ4n) is 5.62. The van der Waals surface area contributed by atoms with Gasteiger partial charge in [-0.05, 0) is 60.7 Å². The van der Waals surface area contributed by atoms with Gasteiger partial charge in [0.25, 0.3) is 0 Å². The van der Waals surface area contributed by atoms with Gasteiger partial charge in [-0.3, -0.25) is 5.43 Å². The van der Waals surface area contributed by atoms with E-state index in [0.29, 0.717) is 5.92 Å². The lowest BCUT2D eigenvalue weighted by Gasteiger charge is -2.43. The van der Waals surface area contributed by atoms with Gasteiger partial charge in [0, 0.05) is 19.0 Å². The number of rotatable bonds is 6. The van der Waals surface area contributed by atoms with Crippen molar-refractivity contribution in [1.82, 2.24) is 15.8 Å². The minimum Gasteiger partial charge on any atom is -0.380 e. The van der Waals surface area contributed by atoms with Crippen LogP contribution in [-0.2, 0) is 5.60 Å². The van der Waals surface area contributed by atoms with Crippen LogP contribution in [0.2, 0.25) is 0 Å². The fourth-order valence-corrected chi connectivity index (χ4v) is 5.62. The molecule has 2 unspecified atom stereocenters. The van der Waals surface area contributed by atoms with Crippen LogP contribution in [-0.4, -0.2) is 36.2 Å². The average molecular weight is 446 g/mol. The van der Waals surface area contributed by atoms with Gasteiger partial charge in [0.2, 0.25) is 0 Å². The molecular formula is C28H32FN3O. The Kier molecular flexibility index (Phi) is 6.56. The molecule has 5 rings (SSSR count). The third-order valence-corrected chi connectivity index (χ3v) is 7.42. The zero-order valence-corrected chi connectivity index (χ0v) is 18.8. The Morgan fingerprint density at radius 1 is 0.848 bits per heavy atom. The number of benzene rings is 3. The zero-order chi connectivity index (χ0) is 22.7. The molecule has 2 heterocycles. The molecule has 4 nitrogen and oxygen atoms in total. The van der Waals surface area contributed by atoms with Crippen LogP contribution in [0.1, 0.15) is 35.6 Å². The van der Waals surface area contributed by atoms with Crippen molar-refractivity contribution in [3.05, 3.63) is 107 Å². The van der Waals surface area contributed by atoms with E-state index in [1.54, 1.807) is 0 Å². The quantitative estimate of drug-likeness (QED) is 0.531. The van der Waals surface area contributed by atoms with E-state index in [2.05, 4.69) is 15.8 Å². The minimum atomic E-state index is -0.984. The van der Waals surface area contributed by atoms with E-state index in [1.807, 2.05) is 72.8 Å². The van der Waals surface area contributed by atoms with E-state index < -0.39 is 5.60 Å². The Morgan fingerprint density at radius 2 is 1.42 bits per heavy atom. The lowest BCUT2D eigenvalue weighted by molar-refractivity contribution is -0.0160. The molecule has 2 aliphatic rings. The normalized spacial score (nSPS) is 22.5. The maximum absolute atomic E-state index is 13.4. The summed E-state index contributed by atoms with van der Waals surface area (Å²) in [6.07, 6.45) is 1.88. The Hall–Kier alpha value is -2.57. The Bertz CT molecular complexity index is 981. The summed E-state index contributed by atoms with van der Waals surface area (Å²) in [6, 6.07) is 27.2. The molecule has 0 amide bonds. The molecule has 33 heavy (non-hydrogen) atoms. The SMILES string of the molecule is OC(c1ccccc1)(c1ccccc1)C1CCN(CC2CNNC2c2ccc(F)cc2)CC1. The summed E-state index contributed by atoms with van der Waals surface area (Å²) in [5.41, 5.74) is 8.73. The summed E-state index contributed by atoms with van der Waals surface area (Å²) < 4.78 is 13.4. The second kappa shape index (κ2) is 9.74. The van der Waals surface area contributed by atoms with Gasteiger partial charge in [0.05, 0.1) is 6.04 Å². The van der Waals surface area contributed by atoms with Gasteiger partial charge < -0.3 is 10.0 Å². The van der Waals surface area contributed by atoms with Gasteiger partial charge in [-0.25, -0.2) is 9.82 Å². The average Bonchev–Trinajstić information content (AvgIpc) is 3.33. The van der Waals surface area contributed by atoms with E-state index >= 15 is 0 Å². The highest BCUT2D eigenvalue weighted by Gasteiger charge is 2.42. The number of hydrogen-bond acceptors (Lipinski definition) is 4. The summed E-state index contributed by atoms with van der Waals surface area (Å²) in [5, 5.41) is 12.1. The number of hydrogen-bond donors (Lipinski definition) is 3. The van der Waals surface area contributed by atoms with Gasteiger partial charge in [0.15, 0.2) is 0 Å². The van der Waals surface area contributed by atoms with Crippen molar-refractivity contribution in [2.75, 3.05) is 26.2 Å². The van der Waals surface area contributed by atoms with Crippen molar-refractivity contribution < 1.29 is 9.50 Å². The van der Waals surface area contributed by atoms with Crippen molar-refractivity contribution in [1.29, 1.82) is 0 Å². The van der Waals surface area contributed by atoms with Crippen LogP contribution in [0, 0.1) is 17.7 Å². The highest BCUT2D eigenvalue weighted by molar-refractivity contribution is 5.37. The number of halogens is 1. The number of nitrogens with one attached hydrogen (secondary N) is 2. The molecule has 0 aromatic heterocycles. The Balaban J connectivity index is 1.28. The van der Waals surface area contributed by atoms with Crippen LogP contribution in [0.25, 0.3) is 0 Å². The first-order valence-corrected chi connectivity index (χ1v) is 11.9. The predicted octanol–water partition coefficient (Wildman–Crippen LogP) is 4.24. The molecule has 0 bridgehead atoms. The van der Waals surface area contributed by atoms with E-state index in [1.165, 1.54) is 12.1 Å². The summed E-state index contributed by atoms with van der Waals surface area (Å²) in [5.74, 6) is 0.369. The second-order valence-corrected chi connectivity index (χ2v) is 9.39. The highest BCUT2D eigenvalue weighted by Crippen LogP contribution is 2.42. The third kappa shape index (κ3) is 4.59. The largest absolute Gasteiger partial charge is 0.380 e. The number of likely N-dealkylation sites (tertiary alicyclic amines) is 1. The molecule has 0 radical (unpaired) electrons. The molecule has 0 saturated carbocycles. The maximum Gasteiger partial charge on any atom is 0.123 e. The van der Waals surface area contributed by atoms with E-state index in [0.717, 1.165) is 55.7 Å². The molecule has 2 saturated heterocycles. The molecular weight excluding hydrogens is 413 g/mol. The topological polar surface area (TPSA) is 47.5 Å². The summed E-state index contributed by atoms with van der Waals surface area (Å²) in [6.45, 7) is 3.78. The third-order valence-electron chi connectivity index (χ3n) is 7.42. The molecule has 3 aromatic carbocycles. The second-order valence-electron chi connectivity index (χ2n) is 9.39. The number of hydrazine groups is 1. The van der Waals surface area contributed by atoms with Gasteiger partial charge in [-0.2, -0.15) is 0 Å². The van der Waals surface area contributed by atoms with E-state index in [4.69, 9.17) is 0 Å². The summed E-state index contributed by atoms with van der Waals surface area (Å²) in [4.78, 5) is 2.52. The highest BCUT2D eigenvalue weighted by atomic mass is 19.1. The van der Waals surface area contributed by atoms with Crippen molar-refractivity contribution in [2.24, 2.45) is 11.8 Å². The van der Waals surface area contributed by atoms with E-state index in [-0.39, 0.29) is 17.8 Å². The van der Waals surface area contributed by atoms with Crippen molar-refractivity contribution in [3.63, 3.8) is 0 Å². The molecule has 0 spiro atoms. The van der Waals surface area contributed by atoms with Gasteiger partial charge in [-0.15, -0.1) is 0 Å². The van der Waals surface area contributed by atoms with Crippen LogP contribution in [0.3, 0.4) is 0 Å². The van der Waals surface area contributed by atoms with Crippen LogP contribution in [0.4, 0.5) is 4.39 Å². The molecule has 0 aliphatic carbocycles. The number of aliphatic hydroxyl groups is 1. The molecule has 2 fully saturated rings. The minimum absolute atomic E-state index is 0.159. The number of piperidine rings is 1. The van der Waals surface area contributed by atoms with Gasteiger partial charge in [-0.1, -0.05) is 72.8 Å². The first-order chi connectivity index (χ1) is 16.1. The zero-order valence-electron chi connectivity index (χ0n) is 18.8. The van der Waals surface area contributed by atoms with Crippen molar-refractivity contribution in [3.8, 4) is 0 Å². The maximum atomic E-state index is 13.4. The molecule has 172 valence electrons. The lowest BCUT2D eigenvalue weighted by Crippen LogP contribution is -2.45. The predicted molar refractivity (Wildman–Crippen MR) is 129 cm³/mol. The van der Waals surface area contributed by atoms with Crippen LogP contribution in [0.15, 0.2) is 84.9 Å². The molecule has 2 atom stereocenters. The van der Waals surface area contributed by atoms with Gasteiger partial charge >= 0.3 is 0 Å². The molecule has 2 aliphatic heterocycles. The smallest absolute Gasteiger partial charge is 0.123 e. The first kappa shape index (κ1) is 22.2. The molecule has 5 heteroatoms. The first-order valence-electron chi connectivity index (χ1n) is 11.9. The standard InChI is InChI=1S/C28H32FN3O/c29-26-13-11-21(12-14-26)27-22(19-30-31-27)20-32-17-15-25(16-18-32)28(33,23-7-3-1-4-8-23)24-9-5-2-6-10-24/h1-14,22,25,27,30-31,33H,15-20H2. The van der Waals surface area contributed by atoms with Crippen LogP contribution < -0.4 is 10.9 Å². The van der Waals surface area contributed by atoms with Crippen LogP contribution in [0.5, 0.6) is 0 Å². The number of nitrogens with zero attached hydrogens (tertiary/aromatic N) is 1. The monoisotopic (exact) mass is 445 g/mol. The van der Waals surface area contributed by atoms with Crippen molar-refractivity contribution in [2.45, 2.75) is 24.5 Å². The van der Waals surface area contributed by atoms with Crippen molar-refractivity contribution >= 4 is 0 Å².